The minimum Gasteiger partial charge on any atom is -0.284 e. The molecule has 0 spiro atoms. The number of fused-ring (bicyclic) bond motifs is 1. The molecule has 0 saturated carbocycles. The van der Waals surface area contributed by atoms with E-state index in [2.05, 4.69) is 9.97 Å². The van der Waals surface area contributed by atoms with Gasteiger partial charge in [-0.05, 0) is 42.3 Å². The van der Waals surface area contributed by atoms with Gasteiger partial charge in [0, 0.05) is 18.8 Å². The number of pyridine rings is 1. The SMILES string of the molecule is O=C(CCCS(=O)(=O)c1ccccc1)N(Cc1cccnc1)c1nc2c(F)cccc2s1. The largest absolute Gasteiger partial charge is 0.284 e. The number of hydrogen-bond acceptors (Lipinski definition) is 6. The smallest absolute Gasteiger partial charge is 0.229 e. The molecule has 2 aromatic heterocycles. The molecule has 0 aliphatic heterocycles. The van der Waals surface area contributed by atoms with Gasteiger partial charge >= 0.3 is 0 Å². The Bertz CT molecular complexity index is 1330. The first-order chi connectivity index (χ1) is 15.4. The van der Waals surface area contributed by atoms with Gasteiger partial charge in [-0.1, -0.05) is 41.7 Å². The lowest BCUT2D eigenvalue weighted by atomic mass is 10.2. The fraction of sp³-hybridized carbons (Fsp3) is 0.174. The summed E-state index contributed by atoms with van der Waals surface area (Å²) in [6.45, 7) is 0.208. The Kier molecular flexibility index (Phi) is 6.57. The van der Waals surface area contributed by atoms with Crippen LogP contribution in [0, 0.1) is 5.82 Å². The molecule has 0 aliphatic rings. The predicted octanol–water partition coefficient (Wildman–Crippen LogP) is 4.62. The summed E-state index contributed by atoms with van der Waals surface area (Å²) >= 11 is 1.22. The second-order valence-electron chi connectivity index (χ2n) is 7.16. The summed E-state index contributed by atoms with van der Waals surface area (Å²) in [7, 11) is -3.47. The summed E-state index contributed by atoms with van der Waals surface area (Å²) in [5, 5.41) is 0.366. The van der Waals surface area contributed by atoms with E-state index in [9.17, 15) is 17.6 Å². The van der Waals surface area contributed by atoms with Gasteiger partial charge in [0.25, 0.3) is 0 Å². The summed E-state index contributed by atoms with van der Waals surface area (Å²) in [5.41, 5.74) is 1.00. The van der Waals surface area contributed by atoms with Crippen molar-refractivity contribution in [1.29, 1.82) is 0 Å². The predicted molar refractivity (Wildman–Crippen MR) is 123 cm³/mol. The molecule has 1 amide bonds. The van der Waals surface area contributed by atoms with E-state index in [1.807, 2.05) is 6.07 Å². The Balaban J connectivity index is 1.54. The number of halogens is 1. The van der Waals surface area contributed by atoms with Crippen molar-refractivity contribution in [3.05, 3.63) is 84.4 Å². The van der Waals surface area contributed by atoms with E-state index in [0.717, 1.165) is 5.56 Å². The third kappa shape index (κ3) is 5.00. The van der Waals surface area contributed by atoms with Crippen molar-refractivity contribution in [2.24, 2.45) is 0 Å². The highest BCUT2D eigenvalue weighted by Gasteiger charge is 2.22. The van der Waals surface area contributed by atoms with Gasteiger partial charge in [-0.3, -0.25) is 14.7 Å². The van der Waals surface area contributed by atoms with Gasteiger partial charge in [-0.25, -0.2) is 17.8 Å². The average molecular weight is 470 g/mol. The van der Waals surface area contributed by atoms with Gasteiger partial charge in [0.2, 0.25) is 5.91 Å². The first-order valence-corrected chi connectivity index (χ1v) is 12.4. The van der Waals surface area contributed by atoms with Gasteiger partial charge < -0.3 is 0 Å². The standard InChI is InChI=1S/C23H20FN3O3S2/c24-19-10-4-11-20-22(19)26-23(31-20)27(16-17-7-5-13-25-15-17)21(28)12-6-14-32(29,30)18-8-2-1-3-9-18/h1-5,7-11,13,15H,6,12,14,16H2. The number of carbonyl (C=O) groups is 1. The Morgan fingerprint density at radius 2 is 1.84 bits per heavy atom. The van der Waals surface area contributed by atoms with E-state index in [1.165, 1.54) is 22.3 Å². The van der Waals surface area contributed by atoms with Gasteiger partial charge in [-0.2, -0.15) is 0 Å². The van der Waals surface area contributed by atoms with Crippen molar-refractivity contribution in [2.45, 2.75) is 24.3 Å². The molecular weight excluding hydrogens is 449 g/mol. The lowest BCUT2D eigenvalue weighted by Gasteiger charge is -2.20. The number of thiazole rings is 1. The van der Waals surface area contributed by atoms with Crippen molar-refractivity contribution >= 4 is 42.4 Å². The summed E-state index contributed by atoms with van der Waals surface area (Å²) in [5.74, 6) is -0.873. The van der Waals surface area contributed by atoms with E-state index in [-0.39, 0.29) is 41.5 Å². The van der Waals surface area contributed by atoms with E-state index < -0.39 is 15.7 Å². The number of sulfone groups is 1. The van der Waals surface area contributed by atoms with Crippen molar-refractivity contribution in [3.63, 3.8) is 0 Å². The van der Waals surface area contributed by atoms with Gasteiger partial charge in [0.1, 0.15) is 11.3 Å². The van der Waals surface area contributed by atoms with Crippen LogP contribution in [0.2, 0.25) is 0 Å². The zero-order chi connectivity index (χ0) is 22.6. The molecule has 164 valence electrons. The van der Waals surface area contributed by atoms with Crippen LogP contribution in [0.5, 0.6) is 0 Å². The Labute approximate surface area is 189 Å². The molecule has 0 aliphatic carbocycles. The molecule has 0 radical (unpaired) electrons. The van der Waals surface area contributed by atoms with Crippen molar-refractivity contribution < 1.29 is 17.6 Å². The number of para-hydroxylation sites is 1. The number of amides is 1. The molecule has 0 saturated heterocycles. The fourth-order valence-electron chi connectivity index (χ4n) is 3.25. The molecular formula is C23H20FN3O3S2. The summed E-state index contributed by atoms with van der Waals surface area (Å²) in [6, 6.07) is 16.4. The van der Waals surface area contributed by atoms with Crippen molar-refractivity contribution in [1.82, 2.24) is 9.97 Å². The zero-order valence-corrected chi connectivity index (χ0v) is 18.7. The van der Waals surface area contributed by atoms with Crippen LogP contribution in [-0.2, 0) is 21.2 Å². The second kappa shape index (κ2) is 9.54. The van der Waals surface area contributed by atoms with Crippen molar-refractivity contribution in [2.75, 3.05) is 10.7 Å². The maximum Gasteiger partial charge on any atom is 0.229 e. The molecule has 2 heterocycles. The highest BCUT2D eigenvalue weighted by molar-refractivity contribution is 7.91. The third-order valence-electron chi connectivity index (χ3n) is 4.86. The summed E-state index contributed by atoms with van der Waals surface area (Å²) in [4.78, 5) is 23.2. The van der Waals surface area contributed by atoms with Gasteiger partial charge in [0.05, 0.1) is 21.9 Å². The van der Waals surface area contributed by atoms with Gasteiger partial charge in [0.15, 0.2) is 15.0 Å². The number of carbonyl (C=O) groups excluding carboxylic acids is 1. The molecule has 0 atom stereocenters. The normalized spacial score (nSPS) is 11.5. The minimum atomic E-state index is -3.47. The average Bonchev–Trinajstić information content (AvgIpc) is 3.24. The first-order valence-electron chi connectivity index (χ1n) is 9.96. The van der Waals surface area contributed by atoms with Crippen LogP contribution in [0.4, 0.5) is 9.52 Å². The molecule has 0 unspecified atom stereocenters. The Hall–Kier alpha value is -3.17. The fourth-order valence-corrected chi connectivity index (χ4v) is 5.58. The highest BCUT2D eigenvalue weighted by atomic mass is 32.2. The zero-order valence-electron chi connectivity index (χ0n) is 17.0. The van der Waals surface area contributed by atoms with E-state index in [4.69, 9.17) is 0 Å². The molecule has 0 N–H and O–H groups in total. The van der Waals surface area contributed by atoms with Gasteiger partial charge in [-0.15, -0.1) is 0 Å². The molecule has 9 heteroatoms. The summed E-state index contributed by atoms with van der Waals surface area (Å²) in [6.07, 6.45) is 3.47. The number of rotatable bonds is 8. The number of nitrogens with zero attached hydrogens (tertiary/aromatic N) is 3. The monoisotopic (exact) mass is 469 g/mol. The first kappa shape index (κ1) is 22.0. The van der Waals surface area contributed by atoms with Crippen LogP contribution < -0.4 is 4.90 Å². The van der Waals surface area contributed by atoms with E-state index in [0.29, 0.717) is 9.83 Å². The number of aromatic nitrogens is 2. The molecule has 2 aromatic carbocycles. The van der Waals surface area contributed by atoms with Crippen LogP contribution in [0.1, 0.15) is 18.4 Å². The van der Waals surface area contributed by atoms with E-state index in [1.54, 1.807) is 60.9 Å². The van der Waals surface area contributed by atoms with Crippen molar-refractivity contribution in [3.8, 4) is 0 Å². The molecule has 32 heavy (non-hydrogen) atoms. The number of anilines is 1. The Morgan fingerprint density at radius 1 is 1.03 bits per heavy atom. The maximum atomic E-state index is 14.2. The molecule has 6 nitrogen and oxygen atoms in total. The van der Waals surface area contributed by atoms with Crippen LogP contribution >= 0.6 is 11.3 Å². The summed E-state index contributed by atoms with van der Waals surface area (Å²) < 4.78 is 39.8. The quantitative estimate of drug-likeness (QED) is 0.376. The minimum absolute atomic E-state index is 0.0186. The van der Waals surface area contributed by atoms with Crippen LogP contribution in [0.25, 0.3) is 10.2 Å². The second-order valence-corrected chi connectivity index (χ2v) is 10.3. The van der Waals surface area contributed by atoms with Crippen LogP contribution in [0.3, 0.4) is 0 Å². The van der Waals surface area contributed by atoms with Crippen LogP contribution in [-0.4, -0.2) is 30.0 Å². The maximum absolute atomic E-state index is 14.2. The number of benzene rings is 2. The number of hydrogen-bond donors (Lipinski definition) is 0. The van der Waals surface area contributed by atoms with Crippen LogP contribution in [0.15, 0.2) is 78.0 Å². The molecule has 4 aromatic rings. The Morgan fingerprint density at radius 3 is 2.56 bits per heavy atom. The lowest BCUT2D eigenvalue weighted by Crippen LogP contribution is -2.30. The highest BCUT2D eigenvalue weighted by Crippen LogP contribution is 2.31. The topological polar surface area (TPSA) is 80.2 Å². The molecule has 0 fully saturated rings. The van der Waals surface area contributed by atoms with E-state index >= 15 is 0 Å². The molecule has 4 rings (SSSR count). The molecule has 0 bridgehead atoms. The third-order valence-corrected chi connectivity index (χ3v) is 7.72. The lowest BCUT2D eigenvalue weighted by molar-refractivity contribution is -0.118.